The average Bonchev–Trinajstić information content (AvgIpc) is 3.01. The molecule has 2 aromatic carbocycles. The zero-order chi connectivity index (χ0) is 21.7. The maximum atomic E-state index is 12.3. The summed E-state index contributed by atoms with van der Waals surface area (Å²) in [5, 5.41) is 11.4. The fourth-order valence-corrected chi connectivity index (χ4v) is 3.70. The number of hydrogen-bond acceptors (Lipinski definition) is 7. The van der Waals surface area contributed by atoms with Crippen LogP contribution in [0.15, 0.2) is 52.4 Å². The zero-order valence-electron chi connectivity index (χ0n) is 16.8. The summed E-state index contributed by atoms with van der Waals surface area (Å²) < 4.78 is 11.6. The fourth-order valence-electron chi connectivity index (χ4n) is 2.78. The number of amidine groups is 1. The van der Waals surface area contributed by atoms with Crippen molar-refractivity contribution in [1.82, 2.24) is 4.90 Å². The van der Waals surface area contributed by atoms with E-state index in [1.807, 2.05) is 19.1 Å². The van der Waals surface area contributed by atoms with Gasteiger partial charge in [-0.15, -0.1) is 0 Å². The van der Waals surface area contributed by atoms with E-state index < -0.39 is 4.92 Å². The summed E-state index contributed by atoms with van der Waals surface area (Å²) in [6, 6.07) is 11.6. The molecule has 1 aliphatic rings. The summed E-state index contributed by atoms with van der Waals surface area (Å²) in [6.45, 7) is 2.57. The Bertz CT molecular complexity index is 1020. The standard InChI is InChI=1S/C21H21N3O5S/c1-4-28-18-11-15(12-19-20(25)23(3)21(22-2)30-19)7-10-17(18)29-13-14-5-8-16(9-6-14)24(26)27/h5-12H,4,13H2,1-3H3/b19-12+,22-21?. The Balaban J connectivity index is 1.77. The zero-order valence-corrected chi connectivity index (χ0v) is 17.6. The quantitative estimate of drug-likeness (QED) is 0.375. The van der Waals surface area contributed by atoms with Crippen molar-refractivity contribution in [2.24, 2.45) is 4.99 Å². The Hall–Kier alpha value is -3.33. The molecule has 9 heteroatoms. The average molecular weight is 427 g/mol. The Kier molecular flexibility index (Phi) is 6.73. The van der Waals surface area contributed by atoms with E-state index in [9.17, 15) is 14.9 Å². The molecule has 3 rings (SSSR count). The molecule has 0 aliphatic carbocycles. The summed E-state index contributed by atoms with van der Waals surface area (Å²) in [5.41, 5.74) is 1.65. The number of nitrogens with zero attached hydrogens (tertiary/aromatic N) is 3. The predicted octanol–water partition coefficient (Wildman–Crippen LogP) is 4.10. The monoisotopic (exact) mass is 427 g/mol. The number of aliphatic imine (C=N–C) groups is 1. The molecule has 30 heavy (non-hydrogen) atoms. The topological polar surface area (TPSA) is 94.3 Å². The van der Waals surface area contributed by atoms with Crippen molar-refractivity contribution in [1.29, 1.82) is 0 Å². The number of benzene rings is 2. The number of amides is 1. The minimum Gasteiger partial charge on any atom is -0.490 e. The highest BCUT2D eigenvalue weighted by atomic mass is 32.2. The smallest absolute Gasteiger partial charge is 0.269 e. The lowest BCUT2D eigenvalue weighted by atomic mass is 10.1. The van der Waals surface area contributed by atoms with Crippen LogP contribution in [-0.4, -0.2) is 41.6 Å². The van der Waals surface area contributed by atoms with Crippen LogP contribution in [0.25, 0.3) is 6.08 Å². The van der Waals surface area contributed by atoms with Gasteiger partial charge in [0.05, 0.1) is 16.4 Å². The first-order valence-corrected chi connectivity index (χ1v) is 10.0. The third kappa shape index (κ3) is 4.80. The number of likely N-dealkylation sites (N-methyl/N-ethyl adjacent to an activating group) is 1. The molecule has 0 saturated carbocycles. The molecule has 0 atom stereocenters. The number of ether oxygens (including phenoxy) is 2. The summed E-state index contributed by atoms with van der Waals surface area (Å²) in [4.78, 5) is 28.9. The molecule has 0 bridgehead atoms. The summed E-state index contributed by atoms with van der Waals surface area (Å²) in [6.07, 6.45) is 1.80. The van der Waals surface area contributed by atoms with Crippen LogP contribution in [0.2, 0.25) is 0 Å². The van der Waals surface area contributed by atoms with Crippen molar-refractivity contribution >= 4 is 34.6 Å². The van der Waals surface area contributed by atoms with E-state index in [1.165, 1.54) is 28.8 Å². The van der Waals surface area contributed by atoms with Gasteiger partial charge in [0, 0.05) is 26.2 Å². The van der Waals surface area contributed by atoms with Crippen molar-refractivity contribution in [2.45, 2.75) is 13.5 Å². The van der Waals surface area contributed by atoms with E-state index in [1.54, 1.807) is 38.4 Å². The Labute approximate surface area is 178 Å². The Morgan fingerprint density at radius 3 is 2.50 bits per heavy atom. The number of hydrogen-bond donors (Lipinski definition) is 0. The molecule has 1 aliphatic heterocycles. The van der Waals surface area contributed by atoms with Crippen LogP contribution in [0.3, 0.4) is 0 Å². The van der Waals surface area contributed by atoms with E-state index in [4.69, 9.17) is 9.47 Å². The van der Waals surface area contributed by atoms with Crippen LogP contribution >= 0.6 is 11.8 Å². The molecule has 0 N–H and O–H groups in total. The maximum Gasteiger partial charge on any atom is 0.269 e. The molecule has 8 nitrogen and oxygen atoms in total. The highest BCUT2D eigenvalue weighted by Crippen LogP contribution is 2.34. The number of thioether (sulfide) groups is 1. The molecule has 0 radical (unpaired) electrons. The molecule has 1 saturated heterocycles. The molecule has 156 valence electrons. The molecule has 0 aromatic heterocycles. The number of nitro benzene ring substituents is 1. The molecule has 0 spiro atoms. The van der Waals surface area contributed by atoms with Gasteiger partial charge >= 0.3 is 0 Å². The van der Waals surface area contributed by atoms with Crippen molar-refractivity contribution in [3.8, 4) is 11.5 Å². The highest BCUT2D eigenvalue weighted by molar-refractivity contribution is 8.18. The number of carbonyl (C=O) groups excluding carboxylic acids is 1. The van der Waals surface area contributed by atoms with Crippen molar-refractivity contribution < 1.29 is 19.2 Å². The van der Waals surface area contributed by atoms with Gasteiger partial charge in [-0.3, -0.25) is 24.8 Å². The third-order valence-electron chi connectivity index (χ3n) is 4.30. The second kappa shape index (κ2) is 9.45. The molecular formula is C21H21N3O5S. The predicted molar refractivity (Wildman–Crippen MR) is 117 cm³/mol. The second-order valence-electron chi connectivity index (χ2n) is 6.33. The van der Waals surface area contributed by atoms with Crippen LogP contribution in [0.5, 0.6) is 11.5 Å². The molecule has 2 aromatic rings. The first-order chi connectivity index (χ1) is 14.4. The Morgan fingerprint density at radius 2 is 1.90 bits per heavy atom. The number of rotatable bonds is 7. The SMILES string of the molecule is CCOc1cc(/C=C2/SC(=NC)N(C)C2=O)ccc1OCc1ccc([N+](=O)[O-])cc1. The molecular weight excluding hydrogens is 406 g/mol. The van der Waals surface area contributed by atoms with Crippen LogP contribution in [0.1, 0.15) is 18.1 Å². The largest absolute Gasteiger partial charge is 0.490 e. The molecule has 1 heterocycles. The third-order valence-corrected chi connectivity index (χ3v) is 5.45. The van der Waals surface area contributed by atoms with Gasteiger partial charge in [0.2, 0.25) is 0 Å². The second-order valence-corrected chi connectivity index (χ2v) is 7.34. The van der Waals surface area contributed by atoms with Crippen LogP contribution in [-0.2, 0) is 11.4 Å². The van der Waals surface area contributed by atoms with Crippen LogP contribution < -0.4 is 9.47 Å². The normalized spacial score (nSPS) is 16.4. The number of carbonyl (C=O) groups is 1. The van der Waals surface area contributed by atoms with Crippen molar-refractivity contribution in [2.75, 3.05) is 20.7 Å². The lowest BCUT2D eigenvalue weighted by Gasteiger charge is -2.13. The van der Waals surface area contributed by atoms with E-state index in [0.29, 0.717) is 28.2 Å². The van der Waals surface area contributed by atoms with Gasteiger partial charge in [-0.2, -0.15) is 0 Å². The summed E-state index contributed by atoms with van der Waals surface area (Å²) in [7, 11) is 3.35. The van der Waals surface area contributed by atoms with Crippen molar-refractivity contribution in [3.05, 3.63) is 68.6 Å². The molecule has 0 unspecified atom stereocenters. The maximum absolute atomic E-state index is 12.3. The lowest BCUT2D eigenvalue weighted by Crippen LogP contribution is -2.23. The van der Waals surface area contributed by atoms with E-state index in [0.717, 1.165) is 11.1 Å². The van der Waals surface area contributed by atoms with Crippen LogP contribution in [0.4, 0.5) is 5.69 Å². The lowest BCUT2D eigenvalue weighted by molar-refractivity contribution is -0.384. The van der Waals surface area contributed by atoms with E-state index in [-0.39, 0.29) is 18.2 Å². The fraction of sp³-hybridized carbons (Fsp3) is 0.238. The van der Waals surface area contributed by atoms with Gasteiger partial charge in [0.1, 0.15) is 6.61 Å². The van der Waals surface area contributed by atoms with Crippen LogP contribution in [0, 0.1) is 10.1 Å². The van der Waals surface area contributed by atoms with Gasteiger partial charge in [-0.05, 0) is 60.2 Å². The summed E-state index contributed by atoms with van der Waals surface area (Å²) in [5.74, 6) is 1.01. The Morgan fingerprint density at radius 1 is 1.17 bits per heavy atom. The summed E-state index contributed by atoms with van der Waals surface area (Å²) >= 11 is 1.32. The van der Waals surface area contributed by atoms with Gasteiger partial charge < -0.3 is 9.47 Å². The minimum atomic E-state index is -0.439. The highest BCUT2D eigenvalue weighted by Gasteiger charge is 2.29. The first kappa shape index (κ1) is 21.4. The first-order valence-electron chi connectivity index (χ1n) is 9.20. The van der Waals surface area contributed by atoms with Gasteiger partial charge in [0.25, 0.3) is 11.6 Å². The van der Waals surface area contributed by atoms with Gasteiger partial charge in [0.15, 0.2) is 16.7 Å². The van der Waals surface area contributed by atoms with Crippen molar-refractivity contribution in [3.63, 3.8) is 0 Å². The molecule has 1 fully saturated rings. The number of nitro groups is 1. The van der Waals surface area contributed by atoms with Gasteiger partial charge in [-0.1, -0.05) is 6.07 Å². The van der Waals surface area contributed by atoms with E-state index >= 15 is 0 Å². The molecule has 1 amide bonds. The minimum absolute atomic E-state index is 0.0346. The van der Waals surface area contributed by atoms with E-state index in [2.05, 4.69) is 4.99 Å². The van der Waals surface area contributed by atoms with Gasteiger partial charge in [-0.25, -0.2) is 0 Å². The number of non-ortho nitro benzene ring substituents is 1.